The third kappa shape index (κ3) is 4.09. The lowest BCUT2D eigenvalue weighted by atomic mass is 10.2. The quantitative estimate of drug-likeness (QED) is 0.623. The number of rotatable bonds is 7. The van der Waals surface area contributed by atoms with Crippen LogP contribution in [0.2, 0.25) is 0 Å². The molecule has 0 saturated carbocycles. The second kappa shape index (κ2) is 7.44. The van der Waals surface area contributed by atoms with Crippen LogP contribution in [0.3, 0.4) is 0 Å². The number of hydrogen-bond acceptors (Lipinski definition) is 5. The van der Waals surface area contributed by atoms with E-state index in [1.807, 2.05) is 12.1 Å². The van der Waals surface area contributed by atoms with E-state index in [0.29, 0.717) is 11.5 Å². The van der Waals surface area contributed by atoms with Crippen LogP contribution in [-0.4, -0.2) is 24.7 Å². The van der Waals surface area contributed by atoms with Gasteiger partial charge in [0, 0.05) is 0 Å². The molecule has 0 aliphatic carbocycles. The summed E-state index contributed by atoms with van der Waals surface area (Å²) in [4.78, 5) is 10.2. The molecular formula is C16H17FN2O4. The molecule has 7 heteroatoms. The Kier molecular flexibility index (Phi) is 5.35. The van der Waals surface area contributed by atoms with Crippen molar-refractivity contribution < 1.29 is 18.8 Å². The highest BCUT2D eigenvalue weighted by molar-refractivity contribution is 5.62. The molecule has 0 aromatic heterocycles. The van der Waals surface area contributed by atoms with E-state index in [-0.39, 0.29) is 18.3 Å². The zero-order valence-corrected chi connectivity index (χ0v) is 12.8. The van der Waals surface area contributed by atoms with Crippen molar-refractivity contribution in [3.05, 3.63) is 58.4 Å². The second-order valence-corrected chi connectivity index (χ2v) is 4.85. The number of nitro groups is 1. The second-order valence-electron chi connectivity index (χ2n) is 4.85. The minimum atomic E-state index is -0.877. The lowest BCUT2D eigenvalue weighted by molar-refractivity contribution is -0.386. The Labute approximate surface area is 133 Å². The van der Waals surface area contributed by atoms with Crippen molar-refractivity contribution in [1.29, 1.82) is 0 Å². The summed E-state index contributed by atoms with van der Waals surface area (Å²) in [5.41, 5.74) is -0.456. The van der Waals surface area contributed by atoms with Gasteiger partial charge in [-0.2, -0.15) is 4.39 Å². The summed E-state index contributed by atoms with van der Waals surface area (Å²) in [6, 6.07) is 11.1. The van der Waals surface area contributed by atoms with Crippen molar-refractivity contribution in [3.8, 4) is 11.5 Å². The minimum absolute atomic E-state index is 0.116. The van der Waals surface area contributed by atoms with Crippen LogP contribution < -0.4 is 14.8 Å². The van der Waals surface area contributed by atoms with Gasteiger partial charge in [0.15, 0.2) is 11.5 Å². The number of halogens is 1. The maximum Gasteiger partial charge on any atom is 0.327 e. The first kappa shape index (κ1) is 16.5. The van der Waals surface area contributed by atoms with Gasteiger partial charge >= 0.3 is 5.69 Å². The van der Waals surface area contributed by atoms with Gasteiger partial charge in [0.1, 0.15) is 11.8 Å². The number of ether oxygens (including phenoxy) is 2. The molecule has 0 spiro atoms. The van der Waals surface area contributed by atoms with Gasteiger partial charge in [-0.25, -0.2) is 0 Å². The van der Waals surface area contributed by atoms with E-state index >= 15 is 0 Å². The molecule has 0 heterocycles. The number of nitro benzene ring substituents is 1. The number of nitrogens with zero attached hydrogens (tertiary/aromatic N) is 1. The molecule has 23 heavy (non-hydrogen) atoms. The SMILES string of the molecule is COc1ccccc1OC(C)CNc1cccc(F)c1[N+](=O)[O-]. The molecule has 0 fully saturated rings. The molecule has 122 valence electrons. The smallest absolute Gasteiger partial charge is 0.327 e. The molecule has 1 unspecified atom stereocenters. The molecule has 1 N–H and O–H groups in total. The zero-order valence-electron chi connectivity index (χ0n) is 12.8. The lowest BCUT2D eigenvalue weighted by Crippen LogP contribution is -2.23. The van der Waals surface area contributed by atoms with Crippen molar-refractivity contribution in [2.75, 3.05) is 19.0 Å². The van der Waals surface area contributed by atoms with Gasteiger partial charge in [-0.3, -0.25) is 10.1 Å². The summed E-state index contributed by atoms with van der Waals surface area (Å²) >= 11 is 0. The Morgan fingerprint density at radius 2 is 1.91 bits per heavy atom. The van der Waals surface area contributed by atoms with Gasteiger partial charge in [0.2, 0.25) is 5.82 Å². The standard InChI is InChI=1S/C16H17FN2O4/c1-11(23-15-9-4-3-8-14(15)22-2)10-18-13-7-5-6-12(17)16(13)19(20)21/h3-9,11,18H,10H2,1-2H3. The highest BCUT2D eigenvalue weighted by Crippen LogP contribution is 2.29. The average molecular weight is 320 g/mol. The average Bonchev–Trinajstić information content (AvgIpc) is 2.53. The Morgan fingerprint density at radius 3 is 2.57 bits per heavy atom. The zero-order chi connectivity index (χ0) is 16.8. The molecule has 2 rings (SSSR count). The molecule has 0 aliphatic heterocycles. The molecule has 1 atom stereocenters. The number of anilines is 1. The largest absolute Gasteiger partial charge is 0.493 e. The number of hydrogen-bond donors (Lipinski definition) is 1. The van der Waals surface area contributed by atoms with Crippen molar-refractivity contribution in [2.45, 2.75) is 13.0 Å². The number of nitrogens with one attached hydrogen (secondary N) is 1. The Morgan fingerprint density at radius 1 is 1.22 bits per heavy atom. The first-order valence-electron chi connectivity index (χ1n) is 6.99. The summed E-state index contributed by atoms with van der Waals surface area (Å²) in [5.74, 6) is 0.285. The van der Waals surface area contributed by atoms with Crippen LogP contribution in [-0.2, 0) is 0 Å². The highest BCUT2D eigenvalue weighted by Gasteiger charge is 2.20. The molecular weight excluding hydrogens is 303 g/mol. The van der Waals surface area contributed by atoms with Crippen molar-refractivity contribution >= 4 is 11.4 Å². The van der Waals surface area contributed by atoms with Gasteiger partial charge in [-0.1, -0.05) is 18.2 Å². The fraction of sp³-hybridized carbons (Fsp3) is 0.250. The van der Waals surface area contributed by atoms with Crippen molar-refractivity contribution in [1.82, 2.24) is 0 Å². The van der Waals surface area contributed by atoms with Crippen LogP contribution in [0, 0.1) is 15.9 Å². The normalized spacial score (nSPS) is 11.6. The minimum Gasteiger partial charge on any atom is -0.493 e. The number of methoxy groups -OCH3 is 1. The van der Waals surface area contributed by atoms with Crippen LogP contribution in [0.5, 0.6) is 11.5 Å². The summed E-state index contributed by atoms with van der Waals surface area (Å²) in [6.45, 7) is 2.06. The summed E-state index contributed by atoms with van der Waals surface area (Å²) in [6.07, 6.45) is -0.311. The fourth-order valence-corrected chi connectivity index (χ4v) is 2.07. The Balaban J connectivity index is 2.04. The maximum absolute atomic E-state index is 13.5. The van der Waals surface area contributed by atoms with E-state index in [4.69, 9.17) is 9.47 Å². The van der Waals surface area contributed by atoms with E-state index in [1.165, 1.54) is 12.1 Å². The molecule has 2 aromatic carbocycles. The number of benzene rings is 2. The van der Waals surface area contributed by atoms with Gasteiger partial charge in [-0.15, -0.1) is 0 Å². The highest BCUT2D eigenvalue weighted by atomic mass is 19.1. The van der Waals surface area contributed by atoms with Crippen LogP contribution >= 0.6 is 0 Å². The van der Waals surface area contributed by atoms with E-state index < -0.39 is 16.4 Å². The molecule has 2 aromatic rings. The van der Waals surface area contributed by atoms with E-state index in [0.717, 1.165) is 6.07 Å². The van der Waals surface area contributed by atoms with Gasteiger partial charge in [0.25, 0.3) is 0 Å². The summed E-state index contributed by atoms with van der Waals surface area (Å²) < 4.78 is 24.5. The van der Waals surface area contributed by atoms with E-state index in [2.05, 4.69) is 5.32 Å². The van der Waals surface area contributed by atoms with Crippen LogP contribution in [0.1, 0.15) is 6.92 Å². The van der Waals surface area contributed by atoms with E-state index in [9.17, 15) is 14.5 Å². The predicted molar refractivity (Wildman–Crippen MR) is 84.6 cm³/mol. The van der Waals surface area contributed by atoms with Crippen LogP contribution in [0.4, 0.5) is 15.8 Å². The molecule has 6 nitrogen and oxygen atoms in total. The molecule has 0 bridgehead atoms. The Hall–Kier alpha value is -2.83. The lowest BCUT2D eigenvalue weighted by Gasteiger charge is -2.18. The molecule has 0 aliphatic rings. The van der Waals surface area contributed by atoms with Crippen molar-refractivity contribution in [3.63, 3.8) is 0 Å². The fourth-order valence-electron chi connectivity index (χ4n) is 2.07. The first-order valence-corrected chi connectivity index (χ1v) is 6.99. The van der Waals surface area contributed by atoms with Gasteiger partial charge in [0.05, 0.1) is 18.6 Å². The van der Waals surface area contributed by atoms with Gasteiger partial charge in [-0.05, 0) is 31.2 Å². The third-order valence-electron chi connectivity index (χ3n) is 3.15. The van der Waals surface area contributed by atoms with Crippen LogP contribution in [0.25, 0.3) is 0 Å². The molecule has 0 radical (unpaired) electrons. The topological polar surface area (TPSA) is 73.6 Å². The number of para-hydroxylation sites is 3. The first-order chi connectivity index (χ1) is 11.0. The molecule has 0 saturated heterocycles. The van der Waals surface area contributed by atoms with Gasteiger partial charge < -0.3 is 14.8 Å². The monoisotopic (exact) mass is 320 g/mol. The maximum atomic E-state index is 13.5. The Bertz CT molecular complexity index is 694. The van der Waals surface area contributed by atoms with Crippen molar-refractivity contribution in [2.24, 2.45) is 0 Å². The van der Waals surface area contributed by atoms with E-state index in [1.54, 1.807) is 26.2 Å². The predicted octanol–water partition coefficient (Wildman–Crippen LogP) is 3.62. The third-order valence-corrected chi connectivity index (χ3v) is 3.15. The molecule has 0 amide bonds. The summed E-state index contributed by atoms with van der Waals surface area (Å²) in [7, 11) is 1.54. The van der Waals surface area contributed by atoms with Crippen LogP contribution in [0.15, 0.2) is 42.5 Å². The summed E-state index contributed by atoms with van der Waals surface area (Å²) in [5, 5.41) is 13.8.